The van der Waals surface area contributed by atoms with Crippen LogP contribution in [0.4, 0.5) is 4.79 Å². The molecule has 1 heterocycles. The van der Waals surface area contributed by atoms with Gasteiger partial charge in [0, 0.05) is 18.7 Å². The molecule has 6 nitrogen and oxygen atoms in total. The van der Waals surface area contributed by atoms with E-state index in [1.165, 1.54) is 0 Å². The summed E-state index contributed by atoms with van der Waals surface area (Å²) >= 11 is 5.69. The van der Waals surface area contributed by atoms with E-state index in [2.05, 4.69) is 0 Å². The normalized spacial score (nSPS) is 17.9. The predicted octanol–water partition coefficient (Wildman–Crippen LogP) is 4.87. The lowest BCUT2D eigenvalue weighted by molar-refractivity contribution is -0.161. The van der Waals surface area contributed by atoms with Crippen LogP contribution in [0.2, 0.25) is 0 Å². The summed E-state index contributed by atoms with van der Waals surface area (Å²) in [4.78, 5) is 39.2. The van der Waals surface area contributed by atoms with E-state index in [-0.39, 0.29) is 29.6 Å². The molecule has 2 atom stereocenters. The first-order chi connectivity index (χ1) is 14.3. The smallest absolute Gasteiger partial charge is 0.410 e. The number of amides is 1. The third kappa shape index (κ3) is 7.84. The van der Waals surface area contributed by atoms with Crippen molar-refractivity contribution in [1.29, 1.82) is 0 Å². The van der Waals surface area contributed by atoms with Gasteiger partial charge < -0.3 is 14.4 Å². The van der Waals surface area contributed by atoms with Gasteiger partial charge in [0.05, 0.1) is 11.8 Å². The number of carbonyl (C=O) groups excluding carboxylic acids is 3. The van der Waals surface area contributed by atoms with Crippen LogP contribution >= 0.6 is 11.6 Å². The molecule has 0 radical (unpaired) electrons. The molecule has 172 valence electrons. The molecule has 1 aromatic carbocycles. The second-order valence-electron chi connectivity index (χ2n) is 10.1. The minimum atomic E-state index is -0.616. The molecule has 0 aliphatic carbocycles. The van der Waals surface area contributed by atoms with Gasteiger partial charge in [0.1, 0.15) is 11.2 Å². The summed E-state index contributed by atoms with van der Waals surface area (Å²) in [5, 5.41) is 0. The van der Waals surface area contributed by atoms with E-state index in [1.54, 1.807) is 23.1 Å². The Bertz CT molecular complexity index is 809. The van der Waals surface area contributed by atoms with Crippen molar-refractivity contribution in [3.05, 3.63) is 35.4 Å². The van der Waals surface area contributed by atoms with E-state index in [9.17, 15) is 14.4 Å². The zero-order chi connectivity index (χ0) is 23.4. The van der Waals surface area contributed by atoms with Gasteiger partial charge in [-0.2, -0.15) is 0 Å². The molecule has 0 saturated carbocycles. The van der Waals surface area contributed by atoms with Crippen LogP contribution in [-0.4, -0.2) is 52.9 Å². The molecular weight excluding hydrogens is 418 g/mol. The number of esters is 1. The monoisotopic (exact) mass is 451 g/mol. The Balaban J connectivity index is 2.21. The van der Waals surface area contributed by atoms with Gasteiger partial charge in [-0.1, -0.05) is 18.2 Å². The fraction of sp³-hybridized carbons (Fsp3) is 0.625. The molecule has 1 saturated heterocycles. The van der Waals surface area contributed by atoms with E-state index in [0.717, 1.165) is 5.56 Å². The summed E-state index contributed by atoms with van der Waals surface area (Å²) in [6, 6.07) is 7.19. The van der Waals surface area contributed by atoms with Crippen LogP contribution in [0.25, 0.3) is 0 Å². The second kappa shape index (κ2) is 10.0. The van der Waals surface area contributed by atoms with Crippen LogP contribution in [-0.2, 0) is 20.7 Å². The topological polar surface area (TPSA) is 72.9 Å². The Kier molecular flexibility index (Phi) is 8.15. The summed E-state index contributed by atoms with van der Waals surface area (Å²) < 4.78 is 11.2. The summed E-state index contributed by atoms with van der Waals surface area (Å²) in [7, 11) is 0. The lowest BCUT2D eigenvalue weighted by Gasteiger charge is -2.28. The molecule has 1 amide bonds. The van der Waals surface area contributed by atoms with Gasteiger partial charge in [-0.05, 0) is 71.9 Å². The lowest BCUT2D eigenvalue weighted by atomic mass is 9.85. The lowest BCUT2D eigenvalue weighted by Crippen LogP contribution is -2.38. The minimum absolute atomic E-state index is 0.0604. The van der Waals surface area contributed by atoms with Crippen molar-refractivity contribution >= 4 is 29.4 Å². The van der Waals surface area contributed by atoms with Gasteiger partial charge in [-0.3, -0.25) is 9.59 Å². The third-order valence-corrected chi connectivity index (χ3v) is 5.22. The highest BCUT2D eigenvalue weighted by Gasteiger charge is 2.39. The number of nitrogens with zero attached hydrogens (tertiary/aromatic N) is 1. The Morgan fingerprint density at radius 2 is 1.74 bits per heavy atom. The number of halogens is 1. The summed E-state index contributed by atoms with van der Waals surface area (Å²) in [6.07, 6.45) is 0.738. The van der Waals surface area contributed by atoms with E-state index < -0.39 is 17.1 Å². The van der Waals surface area contributed by atoms with E-state index in [0.29, 0.717) is 31.5 Å². The van der Waals surface area contributed by atoms with E-state index >= 15 is 0 Å². The standard InChI is InChI=1S/C24H34ClNO5/c1-23(2,3)30-21(28)19(13-16-8-7-9-17(12-16)20(27)14-25)18-10-11-26(15-18)22(29)31-24(4,5)6/h7-9,12,18-19H,10-11,13-15H2,1-6H3/t18-,19-/m0/s1. The highest BCUT2D eigenvalue weighted by atomic mass is 35.5. The number of hydrogen-bond donors (Lipinski definition) is 0. The quantitative estimate of drug-likeness (QED) is 0.350. The zero-order valence-electron chi connectivity index (χ0n) is 19.4. The van der Waals surface area contributed by atoms with Gasteiger partial charge in [0.25, 0.3) is 0 Å². The van der Waals surface area contributed by atoms with Crippen molar-refractivity contribution in [3.8, 4) is 0 Å². The number of ketones is 1. The van der Waals surface area contributed by atoms with Crippen molar-refractivity contribution < 1.29 is 23.9 Å². The molecule has 0 aromatic heterocycles. The molecule has 0 N–H and O–H groups in total. The first-order valence-electron chi connectivity index (χ1n) is 10.7. The minimum Gasteiger partial charge on any atom is -0.460 e. The molecule has 7 heteroatoms. The molecule has 0 bridgehead atoms. The van der Waals surface area contributed by atoms with Crippen LogP contribution < -0.4 is 0 Å². The van der Waals surface area contributed by atoms with Crippen LogP contribution in [0.15, 0.2) is 24.3 Å². The maximum atomic E-state index is 13.1. The number of likely N-dealkylation sites (tertiary alicyclic amines) is 1. The summed E-state index contributed by atoms with van der Waals surface area (Å²) in [5.74, 6) is -1.04. The maximum Gasteiger partial charge on any atom is 0.410 e. The molecule has 1 aliphatic heterocycles. The number of carbonyl (C=O) groups is 3. The first-order valence-corrected chi connectivity index (χ1v) is 11.2. The van der Waals surface area contributed by atoms with Crippen LogP contribution in [0.3, 0.4) is 0 Å². The molecular formula is C24H34ClNO5. The average molecular weight is 452 g/mol. The molecule has 1 aromatic rings. The molecule has 0 spiro atoms. The maximum absolute atomic E-state index is 13.1. The fourth-order valence-electron chi connectivity index (χ4n) is 3.63. The third-order valence-electron chi connectivity index (χ3n) is 4.98. The number of benzene rings is 1. The Labute approximate surface area is 190 Å². The first kappa shape index (κ1) is 25.2. The molecule has 1 fully saturated rings. The van der Waals surface area contributed by atoms with Crippen molar-refractivity contribution in [2.24, 2.45) is 11.8 Å². The largest absolute Gasteiger partial charge is 0.460 e. The average Bonchev–Trinajstić information content (AvgIpc) is 3.13. The predicted molar refractivity (Wildman–Crippen MR) is 120 cm³/mol. The Morgan fingerprint density at radius 1 is 1.10 bits per heavy atom. The zero-order valence-corrected chi connectivity index (χ0v) is 20.1. The SMILES string of the molecule is CC(C)(C)OC(=O)[C@@H](Cc1cccc(C(=O)CCl)c1)[C@H]1CCN(C(=O)OC(C)(C)C)C1. The number of alkyl halides is 1. The summed E-state index contributed by atoms with van der Waals surface area (Å²) in [6.45, 7) is 12.0. The molecule has 0 unspecified atom stereocenters. The van der Waals surface area contributed by atoms with Crippen molar-refractivity contribution in [2.45, 2.75) is 65.6 Å². The Hall–Kier alpha value is -2.08. The number of Topliss-reactive ketones (excluding diaryl/α,β-unsaturated/α-hetero) is 1. The fourth-order valence-corrected chi connectivity index (χ4v) is 3.79. The van der Waals surface area contributed by atoms with Crippen LogP contribution in [0.1, 0.15) is 63.9 Å². The van der Waals surface area contributed by atoms with Crippen LogP contribution in [0, 0.1) is 11.8 Å². The highest BCUT2D eigenvalue weighted by molar-refractivity contribution is 6.30. The molecule has 31 heavy (non-hydrogen) atoms. The van der Waals surface area contributed by atoms with Gasteiger partial charge in [-0.15, -0.1) is 11.6 Å². The number of ether oxygens (including phenoxy) is 2. The second-order valence-corrected chi connectivity index (χ2v) is 10.3. The van der Waals surface area contributed by atoms with Crippen molar-refractivity contribution in [3.63, 3.8) is 0 Å². The number of rotatable bonds is 6. The van der Waals surface area contributed by atoms with E-state index in [1.807, 2.05) is 47.6 Å². The molecule has 1 aliphatic rings. The van der Waals surface area contributed by atoms with Crippen molar-refractivity contribution in [1.82, 2.24) is 4.90 Å². The Morgan fingerprint density at radius 3 is 2.32 bits per heavy atom. The summed E-state index contributed by atoms with van der Waals surface area (Å²) in [5.41, 5.74) is 0.199. The van der Waals surface area contributed by atoms with Gasteiger partial charge in [0.15, 0.2) is 5.78 Å². The number of hydrogen-bond acceptors (Lipinski definition) is 5. The van der Waals surface area contributed by atoms with E-state index in [4.69, 9.17) is 21.1 Å². The van der Waals surface area contributed by atoms with Gasteiger partial charge in [0.2, 0.25) is 0 Å². The highest BCUT2D eigenvalue weighted by Crippen LogP contribution is 2.31. The molecule has 2 rings (SSSR count). The van der Waals surface area contributed by atoms with Gasteiger partial charge >= 0.3 is 12.1 Å². The van der Waals surface area contributed by atoms with Gasteiger partial charge in [-0.25, -0.2) is 4.79 Å². The van der Waals surface area contributed by atoms with Crippen molar-refractivity contribution in [2.75, 3.05) is 19.0 Å². The van der Waals surface area contributed by atoms with Crippen LogP contribution in [0.5, 0.6) is 0 Å².